The summed E-state index contributed by atoms with van der Waals surface area (Å²) in [5, 5.41) is 1.93. The Bertz CT molecular complexity index is 719. The quantitative estimate of drug-likeness (QED) is 0.659. The molecule has 3 aromatic rings. The van der Waals surface area contributed by atoms with E-state index in [0.29, 0.717) is 17.1 Å². The van der Waals surface area contributed by atoms with Crippen molar-refractivity contribution < 1.29 is 4.79 Å². The van der Waals surface area contributed by atoms with Crippen LogP contribution in [0.25, 0.3) is 10.2 Å². The highest BCUT2D eigenvalue weighted by atomic mass is 32.1. The van der Waals surface area contributed by atoms with Gasteiger partial charge < -0.3 is 0 Å². The summed E-state index contributed by atoms with van der Waals surface area (Å²) in [6, 6.07) is 11.1. The maximum Gasteiger partial charge on any atom is 0.212 e. The van der Waals surface area contributed by atoms with E-state index in [1.165, 1.54) is 11.3 Å². The van der Waals surface area contributed by atoms with E-state index in [4.69, 9.17) is 0 Å². The molecule has 0 atom stereocenters. The molecule has 0 fully saturated rings. The minimum atomic E-state index is -0.0476. The van der Waals surface area contributed by atoms with E-state index < -0.39 is 0 Å². The first kappa shape index (κ1) is 11.0. The van der Waals surface area contributed by atoms with E-state index >= 15 is 0 Å². The number of rotatable bonds is 2. The van der Waals surface area contributed by atoms with Gasteiger partial charge in [0.15, 0.2) is 0 Å². The zero-order chi connectivity index (χ0) is 12.5. The van der Waals surface area contributed by atoms with Crippen molar-refractivity contribution in [1.29, 1.82) is 0 Å². The fourth-order valence-corrected chi connectivity index (χ4v) is 2.68. The molecule has 1 aromatic carbocycles. The molecule has 0 aliphatic carbocycles. The van der Waals surface area contributed by atoms with Crippen molar-refractivity contribution in [3.05, 3.63) is 58.9 Å². The highest BCUT2D eigenvalue weighted by Gasteiger charge is 2.16. The fraction of sp³-hybridized carbons (Fsp3) is 0.0714. The number of aryl methyl sites for hydroxylation is 1. The fourth-order valence-electron chi connectivity index (χ4n) is 1.86. The molecule has 3 rings (SSSR count). The number of hydrogen-bond acceptors (Lipinski definition) is 4. The van der Waals surface area contributed by atoms with Crippen LogP contribution in [-0.4, -0.2) is 15.8 Å². The van der Waals surface area contributed by atoms with Crippen molar-refractivity contribution >= 4 is 27.3 Å². The van der Waals surface area contributed by atoms with Crippen molar-refractivity contribution in [3.63, 3.8) is 0 Å². The van der Waals surface area contributed by atoms with Gasteiger partial charge in [-0.3, -0.25) is 4.79 Å². The Balaban J connectivity index is 2.20. The molecule has 0 spiro atoms. The minimum Gasteiger partial charge on any atom is -0.287 e. The summed E-state index contributed by atoms with van der Waals surface area (Å²) in [5.41, 5.74) is 2.00. The van der Waals surface area contributed by atoms with Crippen LogP contribution in [0.1, 0.15) is 21.9 Å². The third-order valence-corrected chi connectivity index (χ3v) is 3.58. The Morgan fingerprint density at radius 1 is 1.11 bits per heavy atom. The molecule has 0 unspecified atom stereocenters. The van der Waals surface area contributed by atoms with Gasteiger partial charge in [-0.25, -0.2) is 9.97 Å². The third-order valence-electron chi connectivity index (χ3n) is 2.67. The standard InChI is InChI=1S/C14H10N2OS/c1-9-15-11-7-8-18-14(11)12(16-9)13(17)10-5-3-2-4-6-10/h2-8H,1H3. The van der Waals surface area contributed by atoms with Crippen molar-refractivity contribution in [2.24, 2.45) is 0 Å². The van der Waals surface area contributed by atoms with Gasteiger partial charge in [0.2, 0.25) is 5.78 Å². The molecule has 18 heavy (non-hydrogen) atoms. The molecule has 88 valence electrons. The summed E-state index contributed by atoms with van der Waals surface area (Å²) in [5.74, 6) is 0.578. The number of nitrogens with zero attached hydrogens (tertiary/aromatic N) is 2. The van der Waals surface area contributed by atoms with Crippen molar-refractivity contribution in [1.82, 2.24) is 9.97 Å². The topological polar surface area (TPSA) is 42.9 Å². The highest BCUT2D eigenvalue weighted by molar-refractivity contribution is 7.17. The second-order valence-corrected chi connectivity index (χ2v) is 4.87. The van der Waals surface area contributed by atoms with E-state index in [9.17, 15) is 4.79 Å². The maximum absolute atomic E-state index is 12.4. The van der Waals surface area contributed by atoms with E-state index in [-0.39, 0.29) is 5.78 Å². The zero-order valence-electron chi connectivity index (χ0n) is 9.75. The van der Waals surface area contributed by atoms with Gasteiger partial charge >= 0.3 is 0 Å². The lowest BCUT2D eigenvalue weighted by molar-refractivity contribution is 0.103. The van der Waals surface area contributed by atoms with Crippen LogP contribution >= 0.6 is 11.3 Å². The van der Waals surface area contributed by atoms with E-state index in [1.807, 2.05) is 29.6 Å². The van der Waals surface area contributed by atoms with Crippen LogP contribution in [-0.2, 0) is 0 Å². The number of hydrogen-bond donors (Lipinski definition) is 0. The largest absolute Gasteiger partial charge is 0.287 e. The Hall–Kier alpha value is -2.07. The predicted molar refractivity (Wildman–Crippen MR) is 72.0 cm³/mol. The highest BCUT2D eigenvalue weighted by Crippen LogP contribution is 2.24. The predicted octanol–water partition coefficient (Wildman–Crippen LogP) is 3.23. The monoisotopic (exact) mass is 254 g/mol. The summed E-state index contributed by atoms with van der Waals surface area (Å²) in [7, 11) is 0. The van der Waals surface area contributed by atoms with E-state index in [1.54, 1.807) is 19.1 Å². The van der Waals surface area contributed by atoms with Gasteiger partial charge in [-0.05, 0) is 18.4 Å². The van der Waals surface area contributed by atoms with Crippen LogP contribution in [0.2, 0.25) is 0 Å². The normalized spacial score (nSPS) is 10.7. The molecular weight excluding hydrogens is 244 g/mol. The van der Waals surface area contributed by atoms with Crippen molar-refractivity contribution in [2.45, 2.75) is 6.92 Å². The Labute approximate surface area is 108 Å². The molecule has 4 heteroatoms. The Kier molecular flexibility index (Phi) is 2.64. The number of carbonyl (C=O) groups excluding carboxylic acids is 1. The van der Waals surface area contributed by atoms with Crippen LogP contribution in [0.15, 0.2) is 41.8 Å². The average Bonchev–Trinajstić information content (AvgIpc) is 2.86. The lowest BCUT2D eigenvalue weighted by atomic mass is 10.1. The second kappa shape index (κ2) is 4.31. The molecule has 0 radical (unpaired) electrons. The molecule has 2 aromatic heterocycles. The lowest BCUT2D eigenvalue weighted by Gasteiger charge is -2.02. The average molecular weight is 254 g/mol. The third kappa shape index (κ3) is 1.80. The number of aromatic nitrogens is 2. The van der Waals surface area contributed by atoms with Crippen LogP contribution in [0, 0.1) is 6.92 Å². The van der Waals surface area contributed by atoms with Gasteiger partial charge in [-0.15, -0.1) is 11.3 Å². The van der Waals surface area contributed by atoms with Gasteiger partial charge in [-0.1, -0.05) is 30.3 Å². The molecule has 0 aliphatic heterocycles. The molecule has 0 aliphatic rings. The van der Waals surface area contributed by atoms with Crippen LogP contribution in [0.4, 0.5) is 0 Å². The summed E-state index contributed by atoms with van der Waals surface area (Å²) in [6.07, 6.45) is 0. The van der Waals surface area contributed by atoms with Crippen molar-refractivity contribution in [2.75, 3.05) is 0 Å². The smallest absolute Gasteiger partial charge is 0.212 e. The first-order chi connectivity index (χ1) is 8.75. The van der Waals surface area contributed by atoms with Gasteiger partial charge in [0, 0.05) is 5.56 Å². The molecular formula is C14H10N2OS. The molecule has 2 heterocycles. The number of fused-ring (bicyclic) bond motifs is 1. The molecule has 0 saturated carbocycles. The summed E-state index contributed by atoms with van der Waals surface area (Å²) in [4.78, 5) is 21.0. The maximum atomic E-state index is 12.4. The number of thiophene rings is 1. The SMILES string of the molecule is Cc1nc(C(=O)c2ccccc2)c2sccc2n1. The summed E-state index contributed by atoms with van der Waals surface area (Å²) < 4.78 is 0.856. The van der Waals surface area contributed by atoms with Crippen LogP contribution < -0.4 is 0 Å². The first-order valence-corrected chi connectivity index (χ1v) is 6.45. The summed E-state index contributed by atoms with van der Waals surface area (Å²) in [6.45, 7) is 1.80. The molecule has 0 N–H and O–H groups in total. The lowest BCUT2D eigenvalue weighted by Crippen LogP contribution is -2.06. The molecule has 0 amide bonds. The minimum absolute atomic E-state index is 0.0476. The van der Waals surface area contributed by atoms with Gasteiger partial charge in [0.25, 0.3) is 0 Å². The Morgan fingerprint density at radius 2 is 1.89 bits per heavy atom. The van der Waals surface area contributed by atoms with Gasteiger partial charge in [-0.2, -0.15) is 0 Å². The summed E-state index contributed by atoms with van der Waals surface area (Å²) >= 11 is 1.50. The first-order valence-electron chi connectivity index (χ1n) is 5.57. The molecule has 0 bridgehead atoms. The number of benzene rings is 1. The number of ketones is 1. The van der Waals surface area contributed by atoms with Crippen molar-refractivity contribution in [3.8, 4) is 0 Å². The van der Waals surface area contributed by atoms with Crippen LogP contribution in [0.3, 0.4) is 0 Å². The van der Waals surface area contributed by atoms with E-state index in [0.717, 1.165) is 10.2 Å². The number of carbonyl (C=O) groups is 1. The second-order valence-electron chi connectivity index (χ2n) is 3.95. The van der Waals surface area contributed by atoms with Crippen LogP contribution in [0.5, 0.6) is 0 Å². The Morgan fingerprint density at radius 3 is 2.67 bits per heavy atom. The zero-order valence-corrected chi connectivity index (χ0v) is 10.6. The van der Waals surface area contributed by atoms with E-state index in [2.05, 4.69) is 9.97 Å². The van der Waals surface area contributed by atoms with Gasteiger partial charge in [0.05, 0.1) is 10.2 Å². The van der Waals surface area contributed by atoms with Gasteiger partial charge in [0.1, 0.15) is 11.5 Å². The molecule has 0 saturated heterocycles. The molecule has 3 nitrogen and oxygen atoms in total.